The SMILES string of the molecule is CCCNc1ccc(N)c(Cl)c1.CN(C)CCCNc1ccc(N)c(Cl)c1. The van der Waals surface area contributed by atoms with Gasteiger partial charge in [0.15, 0.2) is 0 Å². The average Bonchev–Trinajstić information content (AvgIpc) is 2.63. The molecule has 0 bridgehead atoms. The van der Waals surface area contributed by atoms with Crippen molar-refractivity contribution in [3.63, 3.8) is 0 Å². The molecule has 0 amide bonds. The number of benzene rings is 2. The second-order valence-electron chi connectivity index (χ2n) is 6.48. The molecule has 0 aliphatic rings. The summed E-state index contributed by atoms with van der Waals surface area (Å²) in [6.45, 7) is 5.10. The minimum Gasteiger partial charge on any atom is -0.398 e. The number of rotatable bonds is 8. The molecule has 0 saturated carbocycles. The van der Waals surface area contributed by atoms with Crippen molar-refractivity contribution in [1.82, 2.24) is 4.90 Å². The number of nitrogens with zero attached hydrogens (tertiary/aromatic N) is 1. The lowest BCUT2D eigenvalue weighted by Gasteiger charge is -2.11. The van der Waals surface area contributed by atoms with E-state index in [1.54, 1.807) is 6.07 Å². The van der Waals surface area contributed by atoms with Crippen LogP contribution in [-0.2, 0) is 0 Å². The van der Waals surface area contributed by atoms with Crippen LogP contribution in [0.3, 0.4) is 0 Å². The molecule has 0 spiro atoms. The van der Waals surface area contributed by atoms with Gasteiger partial charge in [-0.1, -0.05) is 30.1 Å². The molecule has 2 rings (SSSR count). The Morgan fingerprint density at radius 2 is 1.33 bits per heavy atom. The van der Waals surface area contributed by atoms with Crippen LogP contribution in [0.2, 0.25) is 10.0 Å². The first-order valence-corrected chi connectivity index (χ1v) is 9.81. The lowest BCUT2D eigenvalue weighted by atomic mass is 10.3. The lowest BCUT2D eigenvalue weighted by Crippen LogP contribution is -2.16. The van der Waals surface area contributed by atoms with Gasteiger partial charge in [0.25, 0.3) is 0 Å². The van der Waals surface area contributed by atoms with Crippen molar-refractivity contribution in [3.05, 3.63) is 46.4 Å². The molecule has 2 aromatic rings. The molecular weight excluding hydrogens is 381 g/mol. The van der Waals surface area contributed by atoms with Gasteiger partial charge in [0.05, 0.1) is 21.4 Å². The van der Waals surface area contributed by atoms with E-state index in [0.717, 1.165) is 43.9 Å². The highest BCUT2D eigenvalue weighted by molar-refractivity contribution is 6.33. The summed E-state index contributed by atoms with van der Waals surface area (Å²) < 4.78 is 0. The molecule has 150 valence electrons. The summed E-state index contributed by atoms with van der Waals surface area (Å²) in [5.41, 5.74) is 14.5. The van der Waals surface area contributed by atoms with E-state index >= 15 is 0 Å². The van der Waals surface area contributed by atoms with Crippen molar-refractivity contribution < 1.29 is 0 Å². The number of anilines is 4. The molecular formula is C20H31Cl2N5. The molecule has 27 heavy (non-hydrogen) atoms. The van der Waals surface area contributed by atoms with Crippen LogP contribution in [-0.4, -0.2) is 38.6 Å². The molecule has 2 aromatic carbocycles. The maximum absolute atomic E-state index is 5.90. The molecule has 0 saturated heterocycles. The smallest absolute Gasteiger partial charge is 0.0655 e. The molecule has 0 aliphatic heterocycles. The first-order chi connectivity index (χ1) is 12.8. The molecule has 0 heterocycles. The standard InChI is InChI=1S/C11H18ClN3.C9H13ClN2/c1-15(2)7-3-6-14-9-4-5-11(13)10(12)8-9;1-2-5-12-7-3-4-9(11)8(10)6-7/h4-5,8,14H,3,6-7,13H2,1-2H3;3-4,6,12H,2,5,11H2,1H3. The first kappa shape index (κ1) is 23.2. The average molecular weight is 412 g/mol. The summed E-state index contributed by atoms with van der Waals surface area (Å²) in [6.07, 6.45) is 2.21. The summed E-state index contributed by atoms with van der Waals surface area (Å²) >= 11 is 11.7. The van der Waals surface area contributed by atoms with Crippen LogP contribution in [0.4, 0.5) is 22.7 Å². The van der Waals surface area contributed by atoms with Crippen molar-refractivity contribution in [2.45, 2.75) is 19.8 Å². The van der Waals surface area contributed by atoms with Crippen LogP contribution < -0.4 is 22.1 Å². The minimum atomic E-state index is 0.604. The molecule has 7 heteroatoms. The minimum absolute atomic E-state index is 0.604. The molecule has 5 nitrogen and oxygen atoms in total. The predicted molar refractivity (Wildman–Crippen MR) is 122 cm³/mol. The maximum Gasteiger partial charge on any atom is 0.0655 e. The Bertz CT molecular complexity index is 692. The van der Waals surface area contributed by atoms with E-state index in [4.69, 9.17) is 34.7 Å². The van der Waals surface area contributed by atoms with Gasteiger partial charge in [-0.25, -0.2) is 0 Å². The highest BCUT2D eigenvalue weighted by Crippen LogP contribution is 2.23. The van der Waals surface area contributed by atoms with Gasteiger partial charge in [-0.15, -0.1) is 0 Å². The summed E-state index contributed by atoms with van der Waals surface area (Å²) in [7, 11) is 4.14. The van der Waals surface area contributed by atoms with Crippen LogP contribution in [0, 0.1) is 0 Å². The van der Waals surface area contributed by atoms with E-state index in [0.29, 0.717) is 21.4 Å². The Labute approximate surface area is 173 Å². The van der Waals surface area contributed by atoms with Crippen molar-refractivity contribution in [2.75, 3.05) is 55.8 Å². The second kappa shape index (κ2) is 12.5. The fraction of sp³-hybridized carbons (Fsp3) is 0.400. The molecule has 0 aliphatic carbocycles. The third-order valence-corrected chi connectivity index (χ3v) is 4.35. The van der Waals surface area contributed by atoms with Crippen LogP contribution in [0.25, 0.3) is 0 Å². The second-order valence-corrected chi connectivity index (χ2v) is 7.30. The van der Waals surface area contributed by atoms with Crippen molar-refractivity contribution in [2.24, 2.45) is 0 Å². The van der Waals surface area contributed by atoms with E-state index < -0.39 is 0 Å². The summed E-state index contributed by atoms with van der Waals surface area (Å²) in [5.74, 6) is 0. The predicted octanol–water partition coefficient (Wildman–Crippen LogP) is 5.03. The van der Waals surface area contributed by atoms with Gasteiger partial charge in [-0.3, -0.25) is 0 Å². The number of hydrogen-bond acceptors (Lipinski definition) is 5. The largest absolute Gasteiger partial charge is 0.398 e. The van der Waals surface area contributed by atoms with Gasteiger partial charge in [0.2, 0.25) is 0 Å². The van der Waals surface area contributed by atoms with Gasteiger partial charge in [0, 0.05) is 24.5 Å². The lowest BCUT2D eigenvalue weighted by molar-refractivity contribution is 0.405. The Morgan fingerprint density at radius 1 is 0.852 bits per heavy atom. The quantitative estimate of drug-likeness (QED) is 0.361. The van der Waals surface area contributed by atoms with E-state index in [9.17, 15) is 0 Å². The summed E-state index contributed by atoms with van der Waals surface area (Å²) in [5, 5.41) is 7.74. The number of halogens is 2. The van der Waals surface area contributed by atoms with E-state index in [2.05, 4.69) is 36.6 Å². The Kier molecular flexibility index (Phi) is 10.8. The zero-order chi connectivity index (χ0) is 20.2. The van der Waals surface area contributed by atoms with Crippen LogP contribution >= 0.6 is 23.2 Å². The third-order valence-electron chi connectivity index (χ3n) is 3.69. The molecule has 0 unspecified atom stereocenters. The van der Waals surface area contributed by atoms with Gasteiger partial charge in [0.1, 0.15) is 0 Å². The fourth-order valence-corrected chi connectivity index (χ4v) is 2.53. The number of nitrogens with one attached hydrogen (secondary N) is 2. The topological polar surface area (TPSA) is 79.3 Å². The van der Waals surface area contributed by atoms with Gasteiger partial charge >= 0.3 is 0 Å². The van der Waals surface area contributed by atoms with Crippen molar-refractivity contribution in [1.29, 1.82) is 0 Å². The highest BCUT2D eigenvalue weighted by atomic mass is 35.5. The van der Waals surface area contributed by atoms with E-state index in [-0.39, 0.29) is 0 Å². The molecule has 0 aromatic heterocycles. The Hall–Kier alpha value is -1.82. The molecule has 0 fully saturated rings. The summed E-state index contributed by atoms with van der Waals surface area (Å²) in [4.78, 5) is 2.16. The van der Waals surface area contributed by atoms with Gasteiger partial charge < -0.3 is 27.0 Å². The first-order valence-electron chi connectivity index (χ1n) is 9.06. The number of nitrogen functional groups attached to an aromatic ring is 2. The highest BCUT2D eigenvalue weighted by Gasteiger charge is 1.98. The van der Waals surface area contributed by atoms with Gasteiger partial charge in [-0.2, -0.15) is 0 Å². The zero-order valence-electron chi connectivity index (χ0n) is 16.4. The number of hydrogen-bond donors (Lipinski definition) is 4. The van der Waals surface area contributed by atoms with E-state index in [1.165, 1.54) is 0 Å². The van der Waals surface area contributed by atoms with Crippen LogP contribution in [0.1, 0.15) is 19.8 Å². The third kappa shape index (κ3) is 9.61. The van der Waals surface area contributed by atoms with Crippen molar-refractivity contribution in [3.8, 4) is 0 Å². The number of nitrogens with two attached hydrogens (primary N) is 2. The summed E-state index contributed by atoms with van der Waals surface area (Å²) in [6, 6.07) is 11.2. The maximum atomic E-state index is 5.90. The fourth-order valence-electron chi connectivity index (χ4n) is 2.17. The van der Waals surface area contributed by atoms with Crippen molar-refractivity contribution >= 4 is 46.0 Å². The Morgan fingerprint density at radius 3 is 1.74 bits per heavy atom. The monoisotopic (exact) mass is 411 g/mol. The zero-order valence-corrected chi connectivity index (χ0v) is 17.9. The van der Waals surface area contributed by atoms with Crippen LogP contribution in [0.5, 0.6) is 0 Å². The normalized spacial score (nSPS) is 10.3. The van der Waals surface area contributed by atoms with Crippen LogP contribution in [0.15, 0.2) is 36.4 Å². The molecule has 6 N–H and O–H groups in total. The molecule has 0 atom stereocenters. The van der Waals surface area contributed by atoms with Gasteiger partial charge in [-0.05, 0) is 69.9 Å². The van der Waals surface area contributed by atoms with E-state index in [1.807, 2.05) is 30.3 Å². The Balaban J connectivity index is 0.000000277. The molecule has 0 radical (unpaired) electrons.